The predicted molar refractivity (Wildman–Crippen MR) is 93.9 cm³/mol. The Kier molecular flexibility index (Phi) is 4.06. The number of rotatable bonds is 5. The number of imidazole rings is 1. The second-order valence-corrected chi connectivity index (χ2v) is 5.57. The first kappa shape index (κ1) is 15.8. The maximum atomic E-state index is 12.6. The molecule has 2 heterocycles. The maximum Gasteiger partial charge on any atom is 0.261 e. The summed E-state index contributed by atoms with van der Waals surface area (Å²) < 4.78 is 10.6. The van der Waals surface area contributed by atoms with Crippen LogP contribution in [-0.4, -0.2) is 26.0 Å². The summed E-state index contributed by atoms with van der Waals surface area (Å²) in [6.45, 7) is 1.80. The molecule has 0 saturated carbocycles. The summed E-state index contributed by atoms with van der Waals surface area (Å²) in [5.74, 6) is 1.34. The molecule has 8 heteroatoms. The van der Waals surface area contributed by atoms with Crippen molar-refractivity contribution in [1.82, 2.24) is 20.1 Å². The van der Waals surface area contributed by atoms with Crippen molar-refractivity contribution in [2.45, 2.75) is 13.5 Å². The van der Waals surface area contributed by atoms with Gasteiger partial charge in [-0.15, -0.1) is 0 Å². The van der Waals surface area contributed by atoms with E-state index in [2.05, 4.69) is 25.4 Å². The quantitative estimate of drug-likeness (QED) is 0.573. The molecule has 2 N–H and O–H groups in total. The van der Waals surface area contributed by atoms with E-state index in [1.807, 2.05) is 24.3 Å². The molecule has 0 saturated heterocycles. The first-order valence-electron chi connectivity index (χ1n) is 7.96. The maximum absolute atomic E-state index is 12.6. The van der Waals surface area contributed by atoms with Crippen LogP contribution in [0.25, 0.3) is 11.0 Å². The molecule has 0 radical (unpaired) electrons. The van der Waals surface area contributed by atoms with E-state index < -0.39 is 0 Å². The average Bonchev–Trinajstić information content (AvgIpc) is 3.25. The highest BCUT2D eigenvalue weighted by atomic mass is 16.5. The summed E-state index contributed by atoms with van der Waals surface area (Å²) in [5, 5.41) is 6.53. The molecule has 2 aromatic carbocycles. The Labute approximate surface area is 148 Å². The van der Waals surface area contributed by atoms with Crippen LogP contribution in [-0.2, 0) is 6.61 Å². The number of ether oxygens (including phenoxy) is 1. The van der Waals surface area contributed by atoms with E-state index >= 15 is 0 Å². The number of H-pyrrole nitrogens is 1. The van der Waals surface area contributed by atoms with Crippen molar-refractivity contribution in [3.05, 3.63) is 65.8 Å². The lowest BCUT2D eigenvalue weighted by molar-refractivity contribution is 0.102. The highest BCUT2D eigenvalue weighted by molar-refractivity contribution is 6.05. The van der Waals surface area contributed by atoms with Crippen molar-refractivity contribution in [3.63, 3.8) is 0 Å². The first-order valence-corrected chi connectivity index (χ1v) is 7.96. The summed E-state index contributed by atoms with van der Waals surface area (Å²) in [7, 11) is 0. The van der Waals surface area contributed by atoms with Gasteiger partial charge in [0.15, 0.2) is 6.61 Å². The van der Waals surface area contributed by atoms with E-state index in [1.54, 1.807) is 31.2 Å². The second kappa shape index (κ2) is 6.67. The molecule has 0 aliphatic heterocycles. The fourth-order valence-electron chi connectivity index (χ4n) is 2.51. The molecule has 0 unspecified atom stereocenters. The number of hydrogen-bond acceptors (Lipinski definition) is 6. The minimum atomic E-state index is -0.330. The number of aromatic amines is 1. The van der Waals surface area contributed by atoms with Gasteiger partial charge in [0, 0.05) is 6.92 Å². The van der Waals surface area contributed by atoms with Gasteiger partial charge in [-0.3, -0.25) is 10.1 Å². The molecule has 1 amide bonds. The molecular formula is C18H15N5O3. The number of fused-ring (bicyclic) bond motifs is 1. The third-order valence-corrected chi connectivity index (χ3v) is 3.68. The molecule has 0 aliphatic rings. The number of aryl methyl sites for hydroxylation is 1. The average molecular weight is 349 g/mol. The lowest BCUT2D eigenvalue weighted by atomic mass is 10.2. The van der Waals surface area contributed by atoms with Gasteiger partial charge in [0.2, 0.25) is 17.7 Å². The first-order chi connectivity index (χ1) is 12.7. The predicted octanol–water partition coefficient (Wildman–Crippen LogP) is 3.09. The largest absolute Gasteiger partial charge is 0.485 e. The number of nitrogens with zero attached hydrogens (tertiary/aromatic N) is 3. The topological polar surface area (TPSA) is 106 Å². The number of para-hydroxylation sites is 3. The molecule has 8 nitrogen and oxygen atoms in total. The van der Waals surface area contributed by atoms with Crippen LogP contribution in [0.1, 0.15) is 22.1 Å². The van der Waals surface area contributed by atoms with Crippen LogP contribution in [0.3, 0.4) is 0 Å². The van der Waals surface area contributed by atoms with Gasteiger partial charge in [-0.05, 0) is 24.3 Å². The zero-order chi connectivity index (χ0) is 17.9. The van der Waals surface area contributed by atoms with E-state index in [0.717, 1.165) is 11.0 Å². The number of carbonyl (C=O) groups is 1. The summed E-state index contributed by atoms with van der Waals surface area (Å²) in [6, 6.07) is 14.5. The molecule has 0 atom stereocenters. The van der Waals surface area contributed by atoms with E-state index in [0.29, 0.717) is 29.0 Å². The smallest absolute Gasteiger partial charge is 0.261 e. The van der Waals surface area contributed by atoms with Gasteiger partial charge in [-0.2, -0.15) is 4.98 Å². The Morgan fingerprint density at radius 3 is 2.77 bits per heavy atom. The number of nitrogens with one attached hydrogen (secondary N) is 2. The third-order valence-electron chi connectivity index (χ3n) is 3.68. The third kappa shape index (κ3) is 3.25. The summed E-state index contributed by atoms with van der Waals surface area (Å²) in [5.41, 5.74) is 2.01. The normalized spacial score (nSPS) is 10.8. The van der Waals surface area contributed by atoms with E-state index in [4.69, 9.17) is 9.26 Å². The van der Waals surface area contributed by atoms with E-state index in [-0.39, 0.29) is 12.5 Å². The van der Waals surface area contributed by atoms with Crippen molar-refractivity contribution in [3.8, 4) is 5.75 Å². The number of hydrogen-bond donors (Lipinski definition) is 2. The fourth-order valence-corrected chi connectivity index (χ4v) is 2.51. The van der Waals surface area contributed by atoms with Crippen molar-refractivity contribution < 1.29 is 14.1 Å². The molecule has 0 fully saturated rings. The standard InChI is InChI=1S/C18H15N5O3/c1-11-19-16(23-26-11)10-25-15-9-5-2-6-12(15)17(24)22-18-20-13-7-3-4-8-14(13)21-18/h2-9H,10H2,1H3,(H2,20,21,22,24). The fraction of sp³-hybridized carbons (Fsp3) is 0.111. The van der Waals surface area contributed by atoms with Crippen LogP contribution in [0.15, 0.2) is 53.1 Å². The molecule has 2 aromatic heterocycles. The Balaban J connectivity index is 1.52. The zero-order valence-electron chi connectivity index (χ0n) is 13.9. The Morgan fingerprint density at radius 2 is 1.96 bits per heavy atom. The van der Waals surface area contributed by atoms with Gasteiger partial charge in [0.1, 0.15) is 5.75 Å². The van der Waals surface area contributed by atoms with Gasteiger partial charge in [0.05, 0.1) is 16.6 Å². The second-order valence-electron chi connectivity index (χ2n) is 5.57. The summed E-state index contributed by atoms with van der Waals surface area (Å²) in [4.78, 5) is 24.1. The monoisotopic (exact) mass is 349 g/mol. The molecule has 26 heavy (non-hydrogen) atoms. The molecule has 4 rings (SSSR count). The molecular weight excluding hydrogens is 334 g/mol. The number of amides is 1. The SMILES string of the molecule is Cc1nc(COc2ccccc2C(=O)Nc2nc3ccccc3[nH]2)no1. The van der Waals surface area contributed by atoms with Crippen LogP contribution in [0, 0.1) is 6.92 Å². The molecule has 0 spiro atoms. The molecule has 0 aliphatic carbocycles. The zero-order valence-corrected chi connectivity index (χ0v) is 13.9. The summed E-state index contributed by atoms with van der Waals surface area (Å²) in [6.07, 6.45) is 0. The van der Waals surface area contributed by atoms with Gasteiger partial charge < -0.3 is 14.2 Å². The van der Waals surface area contributed by atoms with Crippen LogP contribution in [0.2, 0.25) is 0 Å². The lowest BCUT2D eigenvalue weighted by Gasteiger charge is -2.09. The Hall–Kier alpha value is -3.68. The highest BCUT2D eigenvalue weighted by Crippen LogP contribution is 2.21. The van der Waals surface area contributed by atoms with Crippen molar-refractivity contribution in [1.29, 1.82) is 0 Å². The van der Waals surface area contributed by atoms with Gasteiger partial charge in [0.25, 0.3) is 5.91 Å². The van der Waals surface area contributed by atoms with Crippen molar-refractivity contribution in [2.75, 3.05) is 5.32 Å². The van der Waals surface area contributed by atoms with E-state index in [9.17, 15) is 4.79 Å². The van der Waals surface area contributed by atoms with Gasteiger partial charge >= 0.3 is 0 Å². The van der Waals surface area contributed by atoms with E-state index in [1.165, 1.54) is 0 Å². The minimum Gasteiger partial charge on any atom is -0.485 e. The highest BCUT2D eigenvalue weighted by Gasteiger charge is 2.15. The Bertz CT molecular complexity index is 1040. The Morgan fingerprint density at radius 1 is 1.15 bits per heavy atom. The molecule has 130 valence electrons. The van der Waals surface area contributed by atoms with Crippen molar-refractivity contribution in [2.24, 2.45) is 0 Å². The van der Waals surface area contributed by atoms with Crippen LogP contribution >= 0.6 is 0 Å². The van der Waals surface area contributed by atoms with Crippen molar-refractivity contribution >= 4 is 22.9 Å². The van der Waals surface area contributed by atoms with Gasteiger partial charge in [-0.1, -0.05) is 29.4 Å². The summed E-state index contributed by atoms with van der Waals surface area (Å²) >= 11 is 0. The number of anilines is 1. The number of aromatic nitrogens is 4. The number of carbonyl (C=O) groups excluding carboxylic acids is 1. The van der Waals surface area contributed by atoms with Gasteiger partial charge in [-0.25, -0.2) is 4.98 Å². The number of benzene rings is 2. The van der Waals surface area contributed by atoms with Crippen LogP contribution in [0.4, 0.5) is 5.95 Å². The molecule has 4 aromatic rings. The van der Waals surface area contributed by atoms with Crippen LogP contribution in [0.5, 0.6) is 5.75 Å². The van der Waals surface area contributed by atoms with Crippen LogP contribution < -0.4 is 10.1 Å². The minimum absolute atomic E-state index is 0.103. The lowest BCUT2D eigenvalue weighted by Crippen LogP contribution is -2.14. The molecule has 0 bridgehead atoms.